The number of rotatable bonds is 9. The van der Waals surface area contributed by atoms with Gasteiger partial charge in [-0.15, -0.1) is 0 Å². The maximum Gasteiger partial charge on any atom is 0.274 e. The third-order valence-corrected chi connectivity index (χ3v) is 4.60. The molecule has 0 aliphatic heterocycles. The molecular weight excluding hydrogens is 396 g/mol. The summed E-state index contributed by atoms with van der Waals surface area (Å²) < 4.78 is 0. The normalized spacial score (nSPS) is 12.7. The van der Waals surface area contributed by atoms with Gasteiger partial charge in [0.15, 0.2) is 0 Å². The van der Waals surface area contributed by atoms with Crippen molar-refractivity contribution in [2.45, 2.75) is 38.4 Å². The minimum atomic E-state index is -0.844. The second kappa shape index (κ2) is 10.5. The van der Waals surface area contributed by atoms with E-state index in [1.165, 1.54) is 25.1 Å². The first kappa shape index (κ1) is 22.3. The minimum absolute atomic E-state index is 0.0873. The number of carbonyl (C=O) groups excluding carboxylic acids is 2. The predicted octanol–water partition coefficient (Wildman–Crippen LogP) is 2.33. The molecule has 154 valence electrons. The summed E-state index contributed by atoms with van der Waals surface area (Å²) in [6, 6.07) is 12.2. The number of nitrogens with one attached hydrogen (secondary N) is 2. The lowest BCUT2D eigenvalue weighted by molar-refractivity contribution is -0.385. The molecule has 0 saturated heterocycles. The minimum Gasteiger partial charge on any atom is -0.350 e. The van der Waals surface area contributed by atoms with Crippen molar-refractivity contribution in [3.8, 4) is 0 Å². The van der Waals surface area contributed by atoms with Crippen LogP contribution in [0, 0.1) is 10.1 Å². The van der Waals surface area contributed by atoms with E-state index < -0.39 is 28.8 Å². The molecule has 0 radical (unpaired) electrons. The Morgan fingerprint density at radius 2 is 1.86 bits per heavy atom. The molecule has 0 spiro atoms. The Hall–Kier alpha value is -2.97. The van der Waals surface area contributed by atoms with Crippen LogP contribution in [0.3, 0.4) is 0 Å². The van der Waals surface area contributed by atoms with E-state index >= 15 is 0 Å². The summed E-state index contributed by atoms with van der Waals surface area (Å²) >= 11 is 5.87. The van der Waals surface area contributed by atoms with E-state index in [0.717, 1.165) is 5.56 Å². The zero-order chi connectivity index (χ0) is 21.4. The molecule has 0 fully saturated rings. The van der Waals surface area contributed by atoms with E-state index in [0.29, 0.717) is 17.9 Å². The average molecular weight is 419 g/mol. The number of benzene rings is 2. The monoisotopic (exact) mass is 418 g/mol. The topological polar surface area (TPSA) is 127 Å². The van der Waals surface area contributed by atoms with Gasteiger partial charge in [0.2, 0.25) is 11.8 Å². The standard InChI is InChI=1S/C20H23ClN4O4/c1-13(24-20(27)17(22)9-7-14-5-3-2-4-6-14)19(26)23-12-15-11-16(21)8-10-18(15)25(28)29/h2-6,8,10-11,13,17H,7,9,12,22H2,1H3,(H,23,26)(H,24,27). The van der Waals surface area contributed by atoms with Crippen molar-refractivity contribution in [3.63, 3.8) is 0 Å². The van der Waals surface area contributed by atoms with Crippen molar-refractivity contribution in [3.05, 3.63) is 74.8 Å². The Morgan fingerprint density at radius 3 is 2.52 bits per heavy atom. The number of nitrogens with two attached hydrogens (primary N) is 1. The molecule has 2 atom stereocenters. The Labute approximate surface area is 173 Å². The molecule has 4 N–H and O–H groups in total. The highest BCUT2D eigenvalue weighted by Gasteiger charge is 2.21. The number of hydrogen-bond donors (Lipinski definition) is 3. The SMILES string of the molecule is CC(NC(=O)C(N)CCc1ccccc1)C(=O)NCc1cc(Cl)ccc1[N+](=O)[O-]. The van der Waals surface area contributed by atoms with Crippen molar-refractivity contribution in [1.82, 2.24) is 10.6 Å². The Balaban J connectivity index is 1.84. The number of halogens is 1. The maximum atomic E-state index is 12.3. The lowest BCUT2D eigenvalue weighted by atomic mass is 10.1. The van der Waals surface area contributed by atoms with Gasteiger partial charge in [0, 0.05) is 17.6 Å². The number of hydrogen-bond acceptors (Lipinski definition) is 5. The van der Waals surface area contributed by atoms with Crippen LogP contribution in [0.4, 0.5) is 5.69 Å². The first-order valence-electron chi connectivity index (χ1n) is 9.08. The maximum absolute atomic E-state index is 12.3. The van der Waals surface area contributed by atoms with Gasteiger partial charge in [-0.1, -0.05) is 41.9 Å². The zero-order valence-corrected chi connectivity index (χ0v) is 16.7. The highest BCUT2D eigenvalue weighted by Crippen LogP contribution is 2.22. The van der Waals surface area contributed by atoms with Gasteiger partial charge in [-0.2, -0.15) is 0 Å². The molecule has 0 aromatic heterocycles. The van der Waals surface area contributed by atoms with Crippen LogP contribution in [0.5, 0.6) is 0 Å². The highest BCUT2D eigenvalue weighted by atomic mass is 35.5. The number of carbonyl (C=O) groups is 2. The summed E-state index contributed by atoms with van der Waals surface area (Å²) in [5, 5.41) is 16.5. The summed E-state index contributed by atoms with van der Waals surface area (Å²) in [4.78, 5) is 35.0. The van der Waals surface area contributed by atoms with Crippen LogP contribution in [0.25, 0.3) is 0 Å². The zero-order valence-electron chi connectivity index (χ0n) is 15.9. The molecule has 8 nitrogen and oxygen atoms in total. The van der Waals surface area contributed by atoms with Crippen LogP contribution in [-0.2, 0) is 22.6 Å². The van der Waals surface area contributed by atoms with E-state index in [1.54, 1.807) is 0 Å². The fraction of sp³-hybridized carbons (Fsp3) is 0.300. The van der Waals surface area contributed by atoms with Gasteiger partial charge in [-0.25, -0.2) is 0 Å². The van der Waals surface area contributed by atoms with Crippen molar-refractivity contribution >= 4 is 29.1 Å². The van der Waals surface area contributed by atoms with Gasteiger partial charge < -0.3 is 16.4 Å². The molecule has 2 aromatic carbocycles. The Bertz CT molecular complexity index is 876. The predicted molar refractivity (Wildman–Crippen MR) is 110 cm³/mol. The Kier molecular flexibility index (Phi) is 8.11. The second-order valence-electron chi connectivity index (χ2n) is 6.61. The number of nitro benzene ring substituents is 1. The molecule has 2 unspecified atom stereocenters. The second-order valence-corrected chi connectivity index (χ2v) is 7.05. The van der Waals surface area contributed by atoms with Gasteiger partial charge in [0.25, 0.3) is 5.69 Å². The summed E-state index contributed by atoms with van der Waals surface area (Å²) in [7, 11) is 0. The Morgan fingerprint density at radius 1 is 1.17 bits per heavy atom. The van der Waals surface area contributed by atoms with Crippen LogP contribution < -0.4 is 16.4 Å². The van der Waals surface area contributed by atoms with Crippen molar-refractivity contribution in [1.29, 1.82) is 0 Å². The summed E-state index contributed by atoms with van der Waals surface area (Å²) in [5.74, 6) is -0.916. The molecule has 0 bridgehead atoms. The van der Waals surface area contributed by atoms with Crippen molar-refractivity contribution in [2.75, 3.05) is 0 Å². The first-order chi connectivity index (χ1) is 13.8. The van der Waals surface area contributed by atoms with E-state index in [2.05, 4.69) is 10.6 Å². The number of nitro groups is 1. The van der Waals surface area contributed by atoms with Crippen LogP contribution in [-0.4, -0.2) is 28.8 Å². The van der Waals surface area contributed by atoms with E-state index in [1.807, 2.05) is 30.3 Å². The number of amides is 2. The van der Waals surface area contributed by atoms with Crippen LogP contribution in [0.1, 0.15) is 24.5 Å². The molecule has 2 amide bonds. The average Bonchev–Trinajstić information content (AvgIpc) is 2.70. The largest absolute Gasteiger partial charge is 0.350 e. The first-order valence-corrected chi connectivity index (χ1v) is 9.46. The molecule has 0 aliphatic rings. The molecule has 0 aliphatic carbocycles. The molecule has 2 rings (SSSR count). The summed E-state index contributed by atoms with van der Waals surface area (Å²) in [6.07, 6.45) is 1.09. The van der Waals surface area contributed by atoms with Gasteiger partial charge in [0.05, 0.1) is 16.5 Å². The molecule has 29 heavy (non-hydrogen) atoms. The molecule has 0 saturated carbocycles. The third kappa shape index (κ3) is 6.85. The summed E-state index contributed by atoms with van der Waals surface area (Å²) in [6.45, 7) is 1.43. The molecule has 2 aromatic rings. The van der Waals surface area contributed by atoms with Crippen LogP contribution in [0.2, 0.25) is 5.02 Å². The van der Waals surface area contributed by atoms with E-state index in [4.69, 9.17) is 17.3 Å². The van der Waals surface area contributed by atoms with Crippen molar-refractivity contribution < 1.29 is 14.5 Å². The van der Waals surface area contributed by atoms with E-state index in [9.17, 15) is 19.7 Å². The number of nitrogens with zero attached hydrogens (tertiary/aromatic N) is 1. The molecule has 9 heteroatoms. The van der Waals surface area contributed by atoms with Crippen LogP contribution in [0.15, 0.2) is 48.5 Å². The quantitative estimate of drug-likeness (QED) is 0.425. The third-order valence-electron chi connectivity index (χ3n) is 4.37. The summed E-state index contributed by atoms with van der Waals surface area (Å²) in [5.41, 5.74) is 7.12. The highest BCUT2D eigenvalue weighted by molar-refractivity contribution is 6.30. The molecular formula is C20H23ClN4O4. The van der Waals surface area contributed by atoms with Crippen molar-refractivity contribution in [2.24, 2.45) is 5.73 Å². The fourth-order valence-electron chi connectivity index (χ4n) is 2.69. The van der Waals surface area contributed by atoms with E-state index in [-0.39, 0.29) is 17.8 Å². The van der Waals surface area contributed by atoms with Gasteiger partial charge >= 0.3 is 0 Å². The lowest BCUT2D eigenvalue weighted by Crippen LogP contribution is -2.50. The van der Waals surface area contributed by atoms with Gasteiger partial charge in [-0.05, 0) is 37.5 Å². The molecule has 0 heterocycles. The van der Waals surface area contributed by atoms with Gasteiger partial charge in [-0.3, -0.25) is 19.7 Å². The van der Waals surface area contributed by atoms with Gasteiger partial charge in [0.1, 0.15) is 6.04 Å². The fourth-order valence-corrected chi connectivity index (χ4v) is 2.89. The number of aryl methyl sites for hydroxylation is 1. The smallest absolute Gasteiger partial charge is 0.274 e. The lowest BCUT2D eigenvalue weighted by Gasteiger charge is -2.17. The van der Waals surface area contributed by atoms with Crippen LogP contribution >= 0.6 is 11.6 Å².